The lowest BCUT2D eigenvalue weighted by atomic mass is 10.1. The molecule has 0 saturated heterocycles. The predicted molar refractivity (Wildman–Crippen MR) is 101 cm³/mol. The molecule has 25 heavy (non-hydrogen) atoms. The number of para-hydroxylation sites is 1. The van der Waals surface area contributed by atoms with E-state index < -0.39 is 0 Å². The molecule has 3 aromatic rings. The number of rotatable bonds is 7. The highest BCUT2D eigenvalue weighted by Gasteiger charge is 2.16. The molecule has 0 bridgehead atoms. The van der Waals surface area contributed by atoms with Gasteiger partial charge in [0.2, 0.25) is 5.91 Å². The third kappa shape index (κ3) is 4.47. The van der Waals surface area contributed by atoms with Gasteiger partial charge in [0.05, 0.1) is 0 Å². The van der Waals surface area contributed by atoms with E-state index in [-0.39, 0.29) is 5.91 Å². The van der Waals surface area contributed by atoms with Gasteiger partial charge in [-0.3, -0.25) is 9.78 Å². The van der Waals surface area contributed by atoms with E-state index in [2.05, 4.69) is 48.2 Å². The van der Waals surface area contributed by atoms with Crippen molar-refractivity contribution in [3.05, 3.63) is 66.1 Å². The Balaban J connectivity index is 1.73. The van der Waals surface area contributed by atoms with Crippen molar-refractivity contribution in [3.8, 4) is 0 Å². The summed E-state index contributed by atoms with van der Waals surface area (Å²) in [6.45, 7) is 5.52. The summed E-state index contributed by atoms with van der Waals surface area (Å²) >= 11 is 0. The van der Waals surface area contributed by atoms with Crippen LogP contribution in [0.2, 0.25) is 0 Å². The summed E-state index contributed by atoms with van der Waals surface area (Å²) in [5.74, 6) is 0.576. The summed E-state index contributed by atoms with van der Waals surface area (Å²) in [6, 6.07) is 12.2. The summed E-state index contributed by atoms with van der Waals surface area (Å²) in [5, 5.41) is 1.24. The van der Waals surface area contributed by atoms with Gasteiger partial charge < -0.3 is 9.88 Å². The summed E-state index contributed by atoms with van der Waals surface area (Å²) in [7, 11) is 0. The highest BCUT2D eigenvalue weighted by atomic mass is 16.2. The van der Waals surface area contributed by atoms with Crippen molar-refractivity contribution in [1.29, 1.82) is 0 Å². The predicted octanol–water partition coefficient (Wildman–Crippen LogP) is 4.18. The molecule has 1 aromatic carbocycles. The number of fused-ring (bicyclic) bond motifs is 1. The van der Waals surface area contributed by atoms with Gasteiger partial charge in [0.25, 0.3) is 0 Å². The van der Waals surface area contributed by atoms with Crippen molar-refractivity contribution in [3.63, 3.8) is 0 Å². The largest absolute Gasteiger partial charge is 0.361 e. The van der Waals surface area contributed by atoms with E-state index >= 15 is 0 Å². The van der Waals surface area contributed by atoms with Crippen molar-refractivity contribution in [2.45, 2.75) is 33.2 Å². The minimum atomic E-state index is 0.214. The molecule has 2 aromatic heterocycles. The van der Waals surface area contributed by atoms with Crippen LogP contribution in [0.15, 0.2) is 55.0 Å². The van der Waals surface area contributed by atoms with Gasteiger partial charge in [-0.2, -0.15) is 0 Å². The first-order valence-corrected chi connectivity index (χ1v) is 8.85. The van der Waals surface area contributed by atoms with Gasteiger partial charge in [-0.05, 0) is 41.7 Å². The Morgan fingerprint density at radius 3 is 2.68 bits per heavy atom. The molecular formula is C21H25N3O. The zero-order chi connectivity index (χ0) is 17.6. The van der Waals surface area contributed by atoms with Gasteiger partial charge in [0.1, 0.15) is 0 Å². The molecule has 0 aliphatic heterocycles. The van der Waals surface area contributed by atoms with E-state index in [1.807, 2.05) is 23.1 Å². The SMILES string of the molecule is CC(C)CC(=O)N(CCc1c[nH]c2ccccc12)Cc1ccncc1. The van der Waals surface area contributed by atoms with Crippen LogP contribution in [0.3, 0.4) is 0 Å². The highest BCUT2D eigenvalue weighted by molar-refractivity contribution is 5.83. The molecule has 4 heteroatoms. The number of nitrogens with zero attached hydrogens (tertiary/aromatic N) is 2. The molecule has 0 radical (unpaired) electrons. The topological polar surface area (TPSA) is 49.0 Å². The molecule has 1 N–H and O–H groups in total. The number of nitrogens with one attached hydrogen (secondary N) is 1. The third-order valence-electron chi connectivity index (χ3n) is 4.38. The standard InChI is InChI=1S/C21H25N3O/c1-16(2)13-21(25)24(15-17-7-10-22-11-8-17)12-9-18-14-23-20-6-4-3-5-19(18)20/h3-8,10-11,14,16,23H,9,12-13,15H2,1-2H3. The van der Waals surface area contributed by atoms with Gasteiger partial charge in [0, 0.05) is 49.0 Å². The third-order valence-corrected chi connectivity index (χ3v) is 4.38. The maximum atomic E-state index is 12.7. The smallest absolute Gasteiger partial charge is 0.223 e. The fraction of sp³-hybridized carbons (Fsp3) is 0.333. The molecule has 0 atom stereocenters. The number of aromatic amines is 1. The van der Waals surface area contributed by atoms with E-state index in [0.717, 1.165) is 24.0 Å². The lowest BCUT2D eigenvalue weighted by Gasteiger charge is -2.24. The fourth-order valence-electron chi connectivity index (χ4n) is 3.07. The summed E-state index contributed by atoms with van der Waals surface area (Å²) in [6.07, 6.45) is 7.04. The normalized spacial score (nSPS) is 11.2. The van der Waals surface area contributed by atoms with Gasteiger partial charge >= 0.3 is 0 Å². The second-order valence-corrected chi connectivity index (χ2v) is 6.88. The summed E-state index contributed by atoms with van der Waals surface area (Å²) in [5.41, 5.74) is 3.52. The first-order valence-electron chi connectivity index (χ1n) is 8.85. The first kappa shape index (κ1) is 17.2. The Hall–Kier alpha value is -2.62. The van der Waals surface area contributed by atoms with Crippen molar-refractivity contribution in [2.24, 2.45) is 5.92 Å². The average molecular weight is 335 g/mol. The van der Waals surface area contributed by atoms with Crippen LogP contribution in [0.1, 0.15) is 31.4 Å². The zero-order valence-corrected chi connectivity index (χ0v) is 14.9. The van der Waals surface area contributed by atoms with Crippen molar-refractivity contribution >= 4 is 16.8 Å². The summed E-state index contributed by atoms with van der Waals surface area (Å²) in [4.78, 5) is 22.0. The molecule has 4 nitrogen and oxygen atoms in total. The Labute approximate surface area is 148 Å². The van der Waals surface area contributed by atoms with Crippen molar-refractivity contribution < 1.29 is 4.79 Å². The van der Waals surface area contributed by atoms with E-state index in [0.29, 0.717) is 18.9 Å². The molecular weight excluding hydrogens is 310 g/mol. The van der Waals surface area contributed by atoms with E-state index in [1.165, 1.54) is 10.9 Å². The quantitative estimate of drug-likeness (QED) is 0.704. The van der Waals surface area contributed by atoms with Crippen LogP contribution >= 0.6 is 0 Å². The first-order chi connectivity index (χ1) is 12.1. The van der Waals surface area contributed by atoms with Crippen LogP contribution in [-0.4, -0.2) is 27.3 Å². The molecule has 3 rings (SSSR count). The molecule has 1 amide bonds. The maximum Gasteiger partial charge on any atom is 0.223 e. The minimum Gasteiger partial charge on any atom is -0.361 e. The van der Waals surface area contributed by atoms with Crippen LogP contribution < -0.4 is 0 Å². The van der Waals surface area contributed by atoms with Crippen LogP contribution in [0.5, 0.6) is 0 Å². The lowest BCUT2D eigenvalue weighted by Crippen LogP contribution is -2.33. The Morgan fingerprint density at radius 1 is 1.16 bits per heavy atom. The van der Waals surface area contributed by atoms with E-state index in [9.17, 15) is 4.79 Å². The number of hydrogen-bond donors (Lipinski definition) is 1. The monoisotopic (exact) mass is 335 g/mol. The maximum absolute atomic E-state index is 12.7. The number of pyridine rings is 1. The Kier molecular flexibility index (Phi) is 5.49. The second-order valence-electron chi connectivity index (χ2n) is 6.88. The Bertz CT molecular complexity index is 823. The van der Waals surface area contributed by atoms with E-state index in [1.54, 1.807) is 12.4 Å². The van der Waals surface area contributed by atoms with Gasteiger partial charge in [-0.25, -0.2) is 0 Å². The molecule has 0 saturated carbocycles. The Morgan fingerprint density at radius 2 is 1.92 bits per heavy atom. The van der Waals surface area contributed by atoms with Crippen molar-refractivity contribution in [1.82, 2.24) is 14.9 Å². The number of hydrogen-bond acceptors (Lipinski definition) is 2. The molecule has 0 unspecified atom stereocenters. The van der Waals surface area contributed by atoms with Gasteiger partial charge in [0.15, 0.2) is 0 Å². The van der Waals surface area contributed by atoms with Crippen molar-refractivity contribution in [2.75, 3.05) is 6.54 Å². The fourth-order valence-corrected chi connectivity index (χ4v) is 3.07. The van der Waals surface area contributed by atoms with Crippen LogP contribution in [0.25, 0.3) is 10.9 Å². The van der Waals surface area contributed by atoms with Crippen LogP contribution in [0.4, 0.5) is 0 Å². The molecule has 2 heterocycles. The number of H-pyrrole nitrogens is 1. The van der Waals surface area contributed by atoms with Gasteiger partial charge in [-0.15, -0.1) is 0 Å². The molecule has 130 valence electrons. The number of aromatic nitrogens is 2. The molecule has 0 spiro atoms. The number of carbonyl (C=O) groups is 1. The highest BCUT2D eigenvalue weighted by Crippen LogP contribution is 2.19. The molecule has 0 fully saturated rings. The number of carbonyl (C=O) groups excluding carboxylic acids is 1. The zero-order valence-electron chi connectivity index (χ0n) is 14.9. The van der Waals surface area contributed by atoms with E-state index in [4.69, 9.17) is 0 Å². The number of amides is 1. The second kappa shape index (κ2) is 7.97. The minimum absolute atomic E-state index is 0.214. The van der Waals surface area contributed by atoms with Gasteiger partial charge in [-0.1, -0.05) is 32.0 Å². The summed E-state index contributed by atoms with van der Waals surface area (Å²) < 4.78 is 0. The lowest BCUT2D eigenvalue weighted by molar-refractivity contribution is -0.132. The van der Waals surface area contributed by atoms with Crippen LogP contribution in [0, 0.1) is 5.92 Å². The number of benzene rings is 1. The molecule has 0 aliphatic rings. The molecule has 0 aliphatic carbocycles. The average Bonchev–Trinajstić information content (AvgIpc) is 3.02. The van der Waals surface area contributed by atoms with Crippen LogP contribution in [-0.2, 0) is 17.8 Å².